The highest BCUT2D eigenvalue weighted by Gasteiger charge is 2.26. The van der Waals surface area contributed by atoms with E-state index in [9.17, 15) is 13.2 Å². The zero-order valence-corrected chi connectivity index (χ0v) is 12.4. The standard InChI is InChI=1S/C15H13N3O3S/c19-15-11-7-4-8-12(11)17-14-13(9-16-18(14)15)22(20,21)10-5-2-1-3-6-10/h1-3,5-6,9,16H,4,7-8H2. The van der Waals surface area contributed by atoms with Gasteiger partial charge in [0.2, 0.25) is 9.84 Å². The minimum atomic E-state index is -3.71. The molecule has 2 heterocycles. The second-order valence-electron chi connectivity index (χ2n) is 5.31. The largest absolute Gasteiger partial charge is 0.295 e. The molecule has 0 saturated carbocycles. The van der Waals surface area contributed by atoms with Crippen LogP contribution in [-0.2, 0) is 22.7 Å². The van der Waals surface area contributed by atoms with Crippen LogP contribution in [0, 0.1) is 0 Å². The summed E-state index contributed by atoms with van der Waals surface area (Å²) in [5.74, 6) is 0. The molecular weight excluding hydrogens is 302 g/mol. The minimum Gasteiger partial charge on any atom is -0.295 e. The van der Waals surface area contributed by atoms with Gasteiger partial charge in [0.25, 0.3) is 5.56 Å². The number of nitrogens with zero attached hydrogens (tertiary/aromatic N) is 2. The molecule has 0 saturated heterocycles. The van der Waals surface area contributed by atoms with E-state index in [0.29, 0.717) is 17.7 Å². The highest BCUT2D eigenvalue weighted by molar-refractivity contribution is 7.91. The van der Waals surface area contributed by atoms with Crippen LogP contribution in [0.15, 0.2) is 51.1 Å². The van der Waals surface area contributed by atoms with Crippen molar-refractivity contribution < 1.29 is 8.42 Å². The Balaban J connectivity index is 2.02. The maximum atomic E-state index is 12.7. The fourth-order valence-corrected chi connectivity index (χ4v) is 4.24. The lowest BCUT2D eigenvalue weighted by molar-refractivity contribution is 0.596. The number of aryl methyl sites for hydroxylation is 1. The van der Waals surface area contributed by atoms with E-state index in [1.54, 1.807) is 18.2 Å². The smallest absolute Gasteiger partial charge is 0.276 e. The van der Waals surface area contributed by atoms with Crippen molar-refractivity contribution in [2.24, 2.45) is 0 Å². The molecular formula is C15H13N3O3S. The van der Waals surface area contributed by atoms with Crippen molar-refractivity contribution in [2.75, 3.05) is 0 Å². The third kappa shape index (κ3) is 1.75. The van der Waals surface area contributed by atoms with Gasteiger partial charge in [0.05, 0.1) is 10.6 Å². The molecule has 112 valence electrons. The summed E-state index contributed by atoms with van der Waals surface area (Å²) in [5.41, 5.74) is 1.37. The molecule has 0 aliphatic heterocycles. The first kappa shape index (κ1) is 13.3. The highest BCUT2D eigenvalue weighted by atomic mass is 32.2. The molecule has 0 spiro atoms. The van der Waals surface area contributed by atoms with Crippen LogP contribution in [0.4, 0.5) is 0 Å². The predicted octanol–water partition coefficient (Wildman–Crippen LogP) is 1.34. The van der Waals surface area contributed by atoms with Crippen molar-refractivity contribution in [3.8, 4) is 0 Å². The molecule has 4 rings (SSSR count). The Bertz CT molecular complexity index is 1030. The number of nitrogens with one attached hydrogen (secondary N) is 1. The van der Waals surface area contributed by atoms with Crippen molar-refractivity contribution in [2.45, 2.75) is 29.1 Å². The lowest BCUT2D eigenvalue weighted by Gasteiger charge is -2.03. The van der Waals surface area contributed by atoms with Crippen molar-refractivity contribution in [1.82, 2.24) is 14.6 Å². The van der Waals surface area contributed by atoms with Gasteiger partial charge >= 0.3 is 0 Å². The lowest BCUT2D eigenvalue weighted by atomic mass is 10.3. The zero-order valence-electron chi connectivity index (χ0n) is 11.6. The van der Waals surface area contributed by atoms with Crippen LogP contribution in [0.3, 0.4) is 0 Å². The average Bonchev–Trinajstić information content (AvgIpc) is 3.15. The number of benzene rings is 1. The summed E-state index contributed by atoms with van der Waals surface area (Å²) < 4.78 is 26.7. The van der Waals surface area contributed by atoms with Gasteiger partial charge in [0, 0.05) is 11.8 Å². The van der Waals surface area contributed by atoms with Gasteiger partial charge in [-0.05, 0) is 31.4 Å². The third-order valence-electron chi connectivity index (χ3n) is 3.99. The SMILES string of the molecule is O=c1c2c(nc3c(S(=O)(=O)c4ccccc4)c[nH]n13)CCC2. The molecule has 0 bridgehead atoms. The number of aromatic nitrogens is 3. The Morgan fingerprint density at radius 3 is 2.68 bits per heavy atom. The first-order chi connectivity index (χ1) is 10.6. The van der Waals surface area contributed by atoms with Crippen LogP contribution in [0.2, 0.25) is 0 Å². The molecule has 0 atom stereocenters. The second-order valence-corrected chi connectivity index (χ2v) is 7.23. The summed E-state index contributed by atoms with van der Waals surface area (Å²) in [5, 5.41) is 2.72. The molecule has 1 aliphatic rings. The molecule has 2 aromatic heterocycles. The summed E-state index contributed by atoms with van der Waals surface area (Å²) >= 11 is 0. The molecule has 0 radical (unpaired) electrons. The normalized spacial score (nSPS) is 14.4. The van der Waals surface area contributed by atoms with E-state index in [1.807, 2.05) is 0 Å². The van der Waals surface area contributed by atoms with Gasteiger partial charge < -0.3 is 0 Å². The Morgan fingerprint density at radius 2 is 1.91 bits per heavy atom. The molecule has 0 fully saturated rings. The van der Waals surface area contributed by atoms with Crippen molar-refractivity contribution in [3.05, 3.63) is 58.1 Å². The Kier molecular flexibility index (Phi) is 2.74. The van der Waals surface area contributed by atoms with Gasteiger partial charge in [-0.2, -0.15) is 0 Å². The lowest BCUT2D eigenvalue weighted by Crippen LogP contribution is -2.20. The summed E-state index contributed by atoms with van der Waals surface area (Å²) in [6.45, 7) is 0. The number of aromatic amines is 1. The summed E-state index contributed by atoms with van der Waals surface area (Å²) in [4.78, 5) is 17.0. The van der Waals surface area contributed by atoms with E-state index in [1.165, 1.54) is 22.8 Å². The minimum absolute atomic E-state index is 0.0329. The van der Waals surface area contributed by atoms with E-state index >= 15 is 0 Å². The number of hydrogen-bond acceptors (Lipinski definition) is 4. The molecule has 0 unspecified atom stereocenters. The van der Waals surface area contributed by atoms with Crippen LogP contribution < -0.4 is 5.56 Å². The second kappa shape index (κ2) is 4.54. The number of fused-ring (bicyclic) bond motifs is 2. The molecule has 1 aromatic carbocycles. The Labute approximate surface area is 126 Å². The Morgan fingerprint density at radius 1 is 1.14 bits per heavy atom. The van der Waals surface area contributed by atoms with Crippen LogP contribution in [0.5, 0.6) is 0 Å². The molecule has 22 heavy (non-hydrogen) atoms. The van der Waals surface area contributed by atoms with Gasteiger partial charge in [-0.15, -0.1) is 0 Å². The van der Waals surface area contributed by atoms with Crippen molar-refractivity contribution >= 4 is 15.5 Å². The monoisotopic (exact) mass is 315 g/mol. The molecule has 6 nitrogen and oxygen atoms in total. The molecule has 1 aliphatic carbocycles. The van der Waals surface area contributed by atoms with Gasteiger partial charge in [0.1, 0.15) is 4.90 Å². The number of rotatable bonds is 2. The maximum absolute atomic E-state index is 12.7. The zero-order chi connectivity index (χ0) is 15.3. The number of sulfone groups is 1. The van der Waals surface area contributed by atoms with Gasteiger partial charge in [-0.1, -0.05) is 18.2 Å². The molecule has 3 aromatic rings. The number of hydrogen-bond donors (Lipinski definition) is 1. The highest BCUT2D eigenvalue weighted by Crippen LogP contribution is 2.25. The average molecular weight is 315 g/mol. The summed E-state index contributed by atoms with van der Waals surface area (Å²) in [7, 11) is -3.71. The van der Waals surface area contributed by atoms with E-state index in [4.69, 9.17) is 0 Å². The molecule has 0 amide bonds. The van der Waals surface area contributed by atoms with Crippen LogP contribution >= 0.6 is 0 Å². The Hall–Kier alpha value is -2.41. The van der Waals surface area contributed by atoms with Crippen LogP contribution in [0.1, 0.15) is 17.7 Å². The topological polar surface area (TPSA) is 84.3 Å². The summed E-state index contributed by atoms with van der Waals surface area (Å²) in [6, 6.07) is 8.15. The van der Waals surface area contributed by atoms with E-state index in [2.05, 4.69) is 10.1 Å². The van der Waals surface area contributed by atoms with E-state index < -0.39 is 9.84 Å². The third-order valence-corrected chi connectivity index (χ3v) is 5.76. The fourth-order valence-electron chi connectivity index (χ4n) is 2.89. The molecule has 1 N–H and O–H groups in total. The summed E-state index contributed by atoms with van der Waals surface area (Å²) in [6.07, 6.45) is 3.63. The van der Waals surface area contributed by atoms with Gasteiger partial charge in [-0.3, -0.25) is 9.89 Å². The van der Waals surface area contributed by atoms with E-state index in [-0.39, 0.29) is 21.0 Å². The van der Waals surface area contributed by atoms with Crippen molar-refractivity contribution in [1.29, 1.82) is 0 Å². The fraction of sp³-hybridized carbons (Fsp3) is 0.200. The first-order valence-electron chi connectivity index (χ1n) is 7.01. The number of H-pyrrole nitrogens is 1. The maximum Gasteiger partial charge on any atom is 0.276 e. The first-order valence-corrected chi connectivity index (χ1v) is 8.49. The van der Waals surface area contributed by atoms with Crippen LogP contribution in [-0.4, -0.2) is 23.0 Å². The van der Waals surface area contributed by atoms with E-state index in [0.717, 1.165) is 12.8 Å². The predicted molar refractivity (Wildman–Crippen MR) is 79.7 cm³/mol. The van der Waals surface area contributed by atoms with Crippen molar-refractivity contribution in [3.63, 3.8) is 0 Å². The van der Waals surface area contributed by atoms with Gasteiger partial charge in [0.15, 0.2) is 5.65 Å². The quantitative estimate of drug-likeness (QED) is 0.773. The molecule has 7 heteroatoms. The van der Waals surface area contributed by atoms with Gasteiger partial charge in [-0.25, -0.2) is 17.9 Å². The van der Waals surface area contributed by atoms with Crippen LogP contribution in [0.25, 0.3) is 5.65 Å².